The maximum absolute atomic E-state index is 11.1. The first-order valence-corrected chi connectivity index (χ1v) is 8.31. The van der Waals surface area contributed by atoms with Crippen LogP contribution in [0.4, 0.5) is 0 Å². The van der Waals surface area contributed by atoms with Crippen molar-refractivity contribution in [3.63, 3.8) is 0 Å². The van der Waals surface area contributed by atoms with E-state index in [0.29, 0.717) is 6.04 Å². The monoisotopic (exact) mass is 282 g/mol. The number of carbonyl (C=O) groups excluding carboxylic acids is 1. The average Bonchev–Trinajstić information content (AvgIpc) is 2.44. The van der Waals surface area contributed by atoms with Gasteiger partial charge in [-0.15, -0.1) is 0 Å². The SMILES string of the molecule is CC(=O)N[C@H]1CCCN(CCCCC2CCOCC2)C1. The van der Waals surface area contributed by atoms with Crippen LogP contribution in [0.15, 0.2) is 0 Å². The van der Waals surface area contributed by atoms with Crippen LogP contribution in [-0.2, 0) is 9.53 Å². The van der Waals surface area contributed by atoms with Crippen LogP contribution in [0.2, 0.25) is 0 Å². The van der Waals surface area contributed by atoms with Crippen LogP contribution < -0.4 is 5.32 Å². The third kappa shape index (κ3) is 5.80. The molecular weight excluding hydrogens is 252 g/mol. The third-order valence-electron chi connectivity index (χ3n) is 4.59. The summed E-state index contributed by atoms with van der Waals surface area (Å²) < 4.78 is 5.40. The van der Waals surface area contributed by atoms with Crippen LogP contribution >= 0.6 is 0 Å². The number of nitrogens with one attached hydrogen (secondary N) is 1. The van der Waals surface area contributed by atoms with Gasteiger partial charge in [0.2, 0.25) is 5.91 Å². The molecule has 1 N–H and O–H groups in total. The van der Waals surface area contributed by atoms with E-state index in [1.54, 1.807) is 6.92 Å². The Bertz CT molecular complexity index is 290. The van der Waals surface area contributed by atoms with Crippen molar-refractivity contribution >= 4 is 5.91 Å². The summed E-state index contributed by atoms with van der Waals surface area (Å²) in [5.74, 6) is 1.01. The highest BCUT2D eigenvalue weighted by Gasteiger charge is 2.20. The van der Waals surface area contributed by atoms with E-state index in [9.17, 15) is 4.79 Å². The van der Waals surface area contributed by atoms with Gasteiger partial charge in [0.25, 0.3) is 0 Å². The highest BCUT2D eigenvalue weighted by Crippen LogP contribution is 2.21. The molecule has 0 aromatic heterocycles. The number of piperidine rings is 1. The van der Waals surface area contributed by atoms with E-state index >= 15 is 0 Å². The Hall–Kier alpha value is -0.610. The number of likely N-dealkylation sites (tertiary alicyclic amines) is 1. The molecule has 0 aromatic rings. The summed E-state index contributed by atoms with van der Waals surface area (Å²) in [4.78, 5) is 13.6. The van der Waals surface area contributed by atoms with Crippen LogP contribution in [0.25, 0.3) is 0 Å². The van der Waals surface area contributed by atoms with E-state index in [2.05, 4.69) is 10.2 Å². The quantitative estimate of drug-likeness (QED) is 0.759. The largest absolute Gasteiger partial charge is 0.381 e. The van der Waals surface area contributed by atoms with Gasteiger partial charge in [-0.1, -0.05) is 12.8 Å². The molecule has 2 aliphatic heterocycles. The molecule has 20 heavy (non-hydrogen) atoms. The van der Waals surface area contributed by atoms with Gasteiger partial charge in [0, 0.05) is 32.7 Å². The molecule has 0 saturated carbocycles. The molecule has 0 spiro atoms. The summed E-state index contributed by atoms with van der Waals surface area (Å²) in [6.07, 6.45) is 8.87. The first-order valence-electron chi connectivity index (χ1n) is 8.31. The number of carbonyl (C=O) groups is 1. The molecule has 0 radical (unpaired) electrons. The van der Waals surface area contributed by atoms with E-state index in [1.807, 2.05) is 0 Å². The molecule has 1 amide bonds. The zero-order valence-corrected chi connectivity index (χ0v) is 12.9. The van der Waals surface area contributed by atoms with Crippen LogP contribution in [-0.4, -0.2) is 49.7 Å². The van der Waals surface area contributed by atoms with E-state index in [4.69, 9.17) is 4.74 Å². The molecule has 2 fully saturated rings. The Morgan fingerprint density at radius 3 is 2.80 bits per heavy atom. The lowest BCUT2D eigenvalue weighted by atomic mass is 9.94. The number of rotatable bonds is 6. The summed E-state index contributed by atoms with van der Waals surface area (Å²) in [5.41, 5.74) is 0. The molecule has 2 rings (SSSR count). The predicted molar refractivity (Wildman–Crippen MR) is 80.7 cm³/mol. The molecular formula is C16H30N2O2. The van der Waals surface area contributed by atoms with Crippen LogP contribution in [0, 0.1) is 5.92 Å². The van der Waals surface area contributed by atoms with Gasteiger partial charge in [0.1, 0.15) is 0 Å². The zero-order valence-electron chi connectivity index (χ0n) is 12.9. The van der Waals surface area contributed by atoms with Crippen LogP contribution in [0.1, 0.15) is 51.9 Å². The zero-order chi connectivity index (χ0) is 14.2. The van der Waals surface area contributed by atoms with Gasteiger partial charge >= 0.3 is 0 Å². The Balaban J connectivity index is 1.55. The molecule has 0 aliphatic carbocycles. The van der Waals surface area contributed by atoms with Gasteiger partial charge in [-0.3, -0.25) is 4.79 Å². The molecule has 0 aromatic carbocycles. The van der Waals surface area contributed by atoms with Gasteiger partial charge in [-0.05, 0) is 51.1 Å². The number of amides is 1. The minimum absolute atomic E-state index is 0.108. The molecule has 116 valence electrons. The molecule has 0 unspecified atom stereocenters. The van der Waals surface area contributed by atoms with Crippen LogP contribution in [0.3, 0.4) is 0 Å². The lowest BCUT2D eigenvalue weighted by Crippen LogP contribution is -2.47. The molecule has 0 bridgehead atoms. The van der Waals surface area contributed by atoms with Crippen molar-refractivity contribution in [1.82, 2.24) is 10.2 Å². The van der Waals surface area contributed by atoms with E-state index < -0.39 is 0 Å². The van der Waals surface area contributed by atoms with E-state index in [0.717, 1.165) is 32.1 Å². The van der Waals surface area contributed by atoms with Crippen molar-refractivity contribution < 1.29 is 9.53 Å². The molecule has 4 heteroatoms. The summed E-state index contributed by atoms with van der Waals surface area (Å²) in [5, 5.41) is 3.06. The third-order valence-corrected chi connectivity index (χ3v) is 4.59. The predicted octanol–water partition coefficient (Wildman–Crippen LogP) is 2.18. The number of unbranched alkanes of at least 4 members (excludes halogenated alkanes) is 1. The van der Waals surface area contributed by atoms with Crippen LogP contribution in [0.5, 0.6) is 0 Å². The lowest BCUT2D eigenvalue weighted by Gasteiger charge is -2.33. The fraction of sp³-hybridized carbons (Fsp3) is 0.938. The van der Waals surface area contributed by atoms with Crippen molar-refractivity contribution in [2.45, 2.75) is 57.9 Å². The molecule has 2 heterocycles. The fourth-order valence-electron chi connectivity index (χ4n) is 3.47. The Morgan fingerprint density at radius 1 is 1.25 bits per heavy atom. The van der Waals surface area contributed by atoms with Gasteiger partial charge in [-0.2, -0.15) is 0 Å². The summed E-state index contributed by atoms with van der Waals surface area (Å²) >= 11 is 0. The Kier molecular flexibility index (Phi) is 6.80. The van der Waals surface area contributed by atoms with Crippen molar-refractivity contribution in [2.75, 3.05) is 32.8 Å². The lowest BCUT2D eigenvalue weighted by molar-refractivity contribution is -0.120. The highest BCUT2D eigenvalue weighted by atomic mass is 16.5. The van der Waals surface area contributed by atoms with Crippen molar-refractivity contribution in [2.24, 2.45) is 5.92 Å². The molecule has 2 aliphatic rings. The highest BCUT2D eigenvalue weighted by molar-refractivity contribution is 5.73. The first-order chi connectivity index (χ1) is 9.74. The summed E-state index contributed by atoms with van der Waals surface area (Å²) in [6, 6.07) is 0.372. The second kappa shape index (κ2) is 8.63. The number of ether oxygens (including phenoxy) is 1. The Morgan fingerprint density at radius 2 is 2.05 bits per heavy atom. The van der Waals surface area contributed by atoms with Gasteiger partial charge < -0.3 is 15.0 Å². The van der Waals surface area contributed by atoms with Crippen molar-refractivity contribution in [1.29, 1.82) is 0 Å². The summed E-state index contributed by atoms with van der Waals surface area (Å²) in [6.45, 7) is 6.99. The minimum atomic E-state index is 0.108. The van der Waals surface area contributed by atoms with Gasteiger partial charge in [0.05, 0.1) is 0 Å². The maximum Gasteiger partial charge on any atom is 0.217 e. The molecule has 2 saturated heterocycles. The normalized spacial score (nSPS) is 25.6. The molecule has 1 atom stereocenters. The minimum Gasteiger partial charge on any atom is -0.381 e. The van der Waals surface area contributed by atoms with E-state index in [-0.39, 0.29) is 5.91 Å². The second-order valence-electron chi connectivity index (χ2n) is 6.39. The van der Waals surface area contributed by atoms with Gasteiger partial charge in [0.15, 0.2) is 0 Å². The van der Waals surface area contributed by atoms with Crippen molar-refractivity contribution in [3.8, 4) is 0 Å². The van der Waals surface area contributed by atoms with Gasteiger partial charge in [-0.25, -0.2) is 0 Å². The fourth-order valence-corrected chi connectivity index (χ4v) is 3.47. The second-order valence-corrected chi connectivity index (χ2v) is 6.39. The number of hydrogen-bond donors (Lipinski definition) is 1. The van der Waals surface area contributed by atoms with E-state index in [1.165, 1.54) is 51.6 Å². The maximum atomic E-state index is 11.1. The Labute approximate surface area is 123 Å². The van der Waals surface area contributed by atoms with Crippen molar-refractivity contribution in [3.05, 3.63) is 0 Å². The standard InChI is InChI=1S/C16H30N2O2/c1-14(19)17-16-6-4-10-18(13-16)9-3-2-5-15-7-11-20-12-8-15/h15-16H,2-13H2,1H3,(H,17,19)/t16-/m0/s1. The number of hydrogen-bond acceptors (Lipinski definition) is 3. The first kappa shape index (κ1) is 15.8. The average molecular weight is 282 g/mol. The summed E-state index contributed by atoms with van der Waals surface area (Å²) in [7, 11) is 0. The number of nitrogens with zero attached hydrogens (tertiary/aromatic N) is 1. The topological polar surface area (TPSA) is 41.6 Å². The smallest absolute Gasteiger partial charge is 0.217 e. The molecule has 4 nitrogen and oxygen atoms in total.